The number of benzene rings is 1. The van der Waals surface area contributed by atoms with Gasteiger partial charge in [0.05, 0.1) is 11.2 Å². The molecule has 120 valence electrons. The smallest absolute Gasteiger partial charge is 0.241 e. The molecule has 3 aromatic rings. The molecule has 0 bridgehead atoms. The molecule has 0 saturated heterocycles. The van der Waals surface area contributed by atoms with E-state index in [-0.39, 0.29) is 12.5 Å². The zero-order chi connectivity index (χ0) is 16.2. The van der Waals surface area contributed by atoms with Gasteiger partial charge >= 0.3 is 0 Å². The summed E-state index contributed by atoms with van der Waals surface area (Å²) in [5, 5.41) is 15.4. The van der Waals surface area contributed by atoms with Crippen LogP contribution in [0.5, 0.6) is 0 Å². The van der Waals surface area contributed by atoms with Gasteiger partial charge in [0.25, 0.3) is 0 Å². The van der Waals surface area contributed by atoms with Crippen LogP contribution in [0.25, 0.3) is 11.0 Å². The highest BCUT2D eigenvalue weighted by atomic mass is 16.2. The first-order chi connectivity index (χ1) is 11.1. The molecule has 0 aliphatic heterocycles. The lowest BCUT2D eigenvalue weighted by molar-refractivity contribution is -0.121. The summed E-state index contributed by atoms with van der Waals surface area (Å²) in [6, 6.07) is 9.65. The van der Waals surface area contributed by atoms with Gasteiger partial charge in [-0.15, -0.1) is 5.10 Å². The summed E-state index contributed by atoms with van der Waals surface area (Å²) in [4.78, 5) is 12.0. The summed E-state index contributed by atoms with van der Waals surface area (Å²) in [7, 11) is 0. The highest BCUT2D eigenvalue weighted by molar-refractivity contribution is 5.79. The molecule has 1 amide bonds. The monoisotopic (exact) mass is 312 g/mol. The van der Waals surface area contributed by atoms with Gasteiger partial charge in [0, 0.05) is 18.8 Å². The minimum absolute atomic E-state index is 0.0611. The van der Waals surface area contributed by atoms with Crippen LogP contribution >= 0.6 is 0 Å². The Hall–Kier alpha value is -2.70. The average molecular weight is 312 g/mol. The molecule has 0 aliphatic carbocycles. The maximum atomic E-state index is 12.0. The maximum Gasteiger partial charge on any atom is 0.241 e. The van der Waals surface area contributed by atoms with Gasteiger partial charge in [-0.25, -0.2) is 4.68 Å². The molecule has 1 aromatic carbocycles. The zero-order valence-corrected chi connectivity index (χ0v) is 13.4. The molecule has 23 heavy (non-hydrogen) atoms. The molecule has 0 aliphatic rings. The molecule has 0 spiro atoms. The molecule has 0 radical (unpaired) electrons. The van der Waals surface area contributed by atoms with Crippen molar-refractivity contribution < 1.29 is 4.79 Å². The highest BCUT2D eigenvalue weighted by Gasteiger charge is 2.08. The van der Waals surface area contributed by atoms with Crippen molar-refractivity contribution in [3.63, 3.8) is 0 Å². The van der Waals surface area contributed by atoms with Crippen molar-refractivity contribution in [1.82, 2.24) is 30.1 Å². The number of hydrogen-bond donors (Lipinski definition) is 1. The van der Waals surface area contributed by atoms with Gasteiger partial charge in [-0.05, 0) is 38.5 Å². The number of fused-ring (bicyclic) bond motifs is 1. The van der Waals surface area contributed by atoms with E-state index in [9.17, 15) is 4.79 Å². The first kappa shape index (κ1) is 15.2. The number of nitrogens with one attached hydrogen (secondary N) is 1. The third-order valence-corrected chi connectivity index (χ3v) is 3.69. The quantitative estimate of drug-likeness (QED) is 0.699. The Morgan fingerprint density at radius 2 is 2.04 bits per heavy atom. The molecule has 0 fully saturated rings. The van der Waals surface area contributed by atoms with E-state index in [1.807, 2.05) is 42.8 Å². The Labute approximate surface area is 134 Å². The van der Waals surface area contributed by atoms with Crippen molar-refractivity contribution in [3.8, 4) is 0 Å². The normalized spacial score (nSPS) is 11.0. The molecular weight excluding hydrogens is 292 g/mol. The number of aromatic nitrogens is 5. The van der Waals surface area contributed by atoms with Crippen molar-refractivity contribution in [2.45, 2.75) is 33.4 Å². The van der Waals surface area contributed by atoms with Crippen molar-refractivity contribution in [1.29, 1.82) is 0 Å². The third kappa shape index (κ3) is 3.56. The van der Waals surface area contributed by atoms with E-state index < -0.39 is 0 Å². The fraction of sp³-hybridized carbons (Fsp3) is 0.375. The predicted octanol–water partition coefficient (Wildman–Crippen LogP) is 1.45. The van der Waals surface area contributed by atoms with Crippen LogP contribution in [0.4, 0.5) is 0 Å². The van der Waals surface area contributed by atoms with Crippen LogP contribution in [-0.4, -0.2) is 37.2 Å². The second-order valence-electron chi connectivity index (χ2n) is 5.59. The van der Waals surface area contributed by atoms with E-state index in [0.717, 1.165) is 35.4 Å². The molecule has 7 nitrogen and oxygen atoms in total. The number of carbonyl (C=O) groups is 1. The van der Waals surface area contributed by atoms with E-state index in [2.05, 4.69) is 26.8 Å². The van der Waals surface area contributed by atoms with E-state index in [1.165, 1.54) is 0 Å². The number of nitrogens with zero attached hydrogens (tertiary/aromatic N) is 5. The Balaban J connectivity index is 1.47. The van der Waals surface area contributed by atoms with Crippen molar-refractivity contribution in [2.24, 2.45) is 0 Å². The van der Waals surface area contributed by atoms with Gasteiger partial charge in [0.2, 0.25) is 5.91 Å². The summed E-state index contributed by atoms with van der Waals surface area (Å²) in [6.45, 7) is 5.61. The van der Waals surface area contributed by atoms with Crippen LogP contribution in [0.1, 0.15) is 17.8 Å². The van der Waals surface area contributed by atoms with E-state index >= 15 is 0 Å². The number of carbonyl (C=O) groups excluding carboxylic acids is 1. The van der Waals surface area contributed by atoms with E-state index in [1.54, 1.807) is 4.68 Å². The Morgan fingerprint density at radius 3 is 2.83 bits per heavy atom. The van der Waals surface area contributed by atoms with E-state index in [4.69, 9.17) is 0 Å². The summed E-state index contributed by atoms with van der Waals surface area (Å²) in [6.07, 6.45) is 0.839. The largest absolute Gasteiger partial charge is 0.354 e. The standard InChI is InChI=1S/C16H20N6O/c1-12-10-13(2)21(19-12)9-5-8-17-16(23)11-22-15-7-4-3-6-14(15)18-20-22/h3-4,6-7,10H,5,8-9,11H2,1-2H3,(H,17,23). The molecule has 7 heteroatoms. The molecule has 2 aromatic heterocycles. The van der Waals surface area contributed by atoms with Crippen LogP contribution in [-0.2, 0) is 17.9 Å². The zero-order valence-electron chi connectivity index (χ0n) is 13.4. The minimum Gasteiger partial charge on any atom is -0.354 e. The maximum absolute atomic E-state index is 12.0. The average Bonchev–Trinajstić information content (AvgIpc) is 3.07. The number of hydrogen-bond acceptors (Lipinski definition) is 4. The van der Waals surface area contributed by atoms with Gasteiger partial charge in [-0.1, -0.05) is 17.3 Å². The fourth-order valence-corrected chi connectivity index (χ4v) is 2.58. The van der Waals surface area contributed by atoms with Crippen molar-refractivity contribution >= 4 is 16.9 Å². The van der Waals surface area contributed by atoms with Crippen molar-refractivity contribution in [3.05, 3.63) is 41.7 Å². The predicted molar refractivity (Wildman–Crippen MR) is 86.9 cm³/mol. The first-order valence-electron chi connectivity index (χ1n) is 7.69. The highest BCUT2D eigenvalue weighted by Crippen LogP contribution is 2.09. The SMILES string of the molecule is Cc1cc(C)n(CCCNC(=O)Cn2nnc3ccccc32)n1. The third-order valence-electron chi connectivity index (χ3n) is 3.69. The molecule has 0 atom stereocenters. The number of amides is 1. The van der Waals surface area contributed by atoms with Gasteiger partial charge in [-0.2, -0.15) is 5.10 Å². The lowest BCUT2D eigenvalue weighted by Gasteiger charge is -2.07. The van der Waals surface area contributed by atoms with Crippen molar-refractivity contribution in [2.75, 3.05) is 6.54 Å². The molecular formula is C16H20N6O. The Morgan fingerprint density at radius 1 is 1.22 bits per heavy atom. The molecule has 1 N–H and O–H groups in total. The summed E-state index contributed by atoms with van der Waals surface area (Å²) < 4.78 is 3.58. The van der Waals surface area contributed by atoms with Gasteiger partial charge < -0.3 is 5.32 Å². The van der Waals surface area contributed by atoms with Gasteiger partial charge in [0.1, 0.15) is 12.1 Å². The summed E-state index contributed by atoms with van der Waals surface area (Å²) in [5.74, 6) is -0.0611. The topological polar surface area (TPSA) is 77.6 Å². The minimum atomic E-state index is -0.0611. The second kappa shape index (κ2) is 6.60. The number of rotatable bonds is 6. The lowest BCUT2D eigenvalue weighted by Crippen LogP contribution is -2.29. The van der Waals surface area contributed by atoms with Gasteiger partial charge in [0.15, 0.2) is 0 Å². The number of para-hydroxylation sites is 1. The van der Waals surface area contributed by atoms with Crippen LogP contribution in [0.15, 0.2) is 30.3 Å². The fourth-order valence-electron chi connectivity index (χ4n) is 2.58. The number of aryl methyl sites for hydroxylation is 3. The Kier molecular flexibility index (Phi) is 4.36. The van der Waals surface area contributed by atoms with Crippen LogP contribution < -0.4 is 5.32 Å². The van der Waals surface area contributed by atoms with Crippen LogP contribution in [0.3, 0.4) is 0 Å². The van der Waals surface area contributed by atoms with Crippen LogP contribution in [0.2, 0.25) is 0 Å². The summed E-state index contributed by atoms with van der Waals surface area (Å²) in [5.41, 5.74) is 3.82. The Bertz CT molecular complexity index is 819. The van der Waals surface area contributed by atoms with Crippen LogP contribution in [0, 0.1) is 13.8 Å². The molecule has 3 rings (SSSR count). The lowest BCUT2D eigenvalue weighted by atomic mass is 10.3. The van der Waals surface area contributed by atoms with E-state index in [0.29, 0.717) is 6.54 Å². The van der Waals surface area contributed by atoms with Gasteiger partial charge in [-0.3, -0.25) is 9.48 Å². The summed E-state index contributed by atoms with van der Waals surface area (Å²) >= 11 is 0. The molecule has 0 saturated carbocycles. The molecule has 0 unspecified atom stereocenters. The second-order valence-corrected chi connectivity index (χ2v) is 5.59. The molecule has 2 heterocycles. The first-order valence-corrected chi connectivity index (χ1v) is 7.69.